The summed E-state index contributed by atoms with van der Waals surface area (Å²) in [7, 11) is 2.13. The van der Waals surface area contributed by atoms with Gasteiger partial charge in [-0.3, -0.25) is 4.90 Å². The van der Waals surface area contributed by atoms with E-state index >= 15 is 0 Å². The summed E-state index contributed by atoms with van der Waals surface area (Å²) in [4.78, 5) is 2.85. The quantitative estimate of drug-likeness (QED) is 0.761. The van der Waals surface area contributed by atoms with Gasteiger partial charge in [-0.1, -0.05) is 6.92 Å². The second-order valence-electron chi connectivity index (χ2n) is 6.01. The first-order valence-corrected chi connectivity index (χ1v) is 6.71. The first-order valence-electron chi connectivity index (χ1n) is 6.71. The topological polar surface area (TPSA) is 15.3 Å². The first-order chi connectivity index (χ1) is 7.28. The molecule has 15 heavy (non-hydrogen) atoms. The summed E-state index contributed by atoms with van der Waals surface area (Å²) in [5, 5.41) is 3.48. The Morgan fingerprint density at radius 3 is 2.20 bits per heavy atom. The number of rotatable bonds is 3. The molecule has 1 N–H and O–H groups in total. The molecule has 2 bridgehead atoms. The Hall–Kier alpha value is -0.0800. The minimum Gasteiger partial charge on any atom is -0.317 e. The molecule has 2 heterocycles. The van der Waals surface area contributed by atoms with E-state index in [0.717, 1.165) is 30.0 Å². The van der Waals surface area contributed by atoms with Crippen molar-refractivity contribution < 1.29 is 0 Å². The normalized spacial score (nSPS) is 49.6. The summed E-state index contributed by atoms with van der Waals surface area (Å²) in [5.41, 5.74) is 0. The third-order valence-electron chi connectivity index (χ3n) is 5.01. The van der Waals surface area contributed by atoms with Crippen LogP contribution in [0.3, 0.4) is 0 Å². The van der Waals surface area contributed by atoms with E-state index in [-0.39, 0.29) is 0 Å². The van der Waals surface area contributed by atoms with Crippen LogP contribution in [0.25, 0.3) is 0 Å². The monoisotopic (exact) mass is 208 g/mol. The fraction of sp³-hybridized carbons (Fsp3) is 1.00. The Morgan fingerprint density at radius 1 is 1.13 bits per heavy atom. The highest BCUT2D eigenvalue weighted by Crippen LogP contribution is 2.43. The third kappa shape index (κ3) is 1.83. The van der Waals surface area contributed by atoms with Gasteiger partial charge >= 0.3 is 0 Å². The lowest BCUT2D eigenvalue weighted by Crippen LogP contribution is -2.49. The Kier molecular flexibility index (Phi) is 2.52. The minimum atomic E-state index is 0.801. The van der Waals surface area contributed by atoms with Crippen LogP contribution in [0.5, 0.6) is 0 Å². The van der Waals surface area contributed by atoms with E-state index in [1.807, 2.05) is 0 Å². The van der Waals surface area contributed by atoms with E-state index in [4.69, 9.17) is 0 Å². The van der Waals surface area contributed by atoms with E-state index in [0.29, 0.717) is 0 Å². The highest BCUT2D eigenvalue weighted by Gasteiger charge is 2.44. The molecule has 0 aromatic carbocycles. The average Bonchev–Trinajstić information content (AvgIpc) is 2.88. The summed E-state index contributed by atoms with van der Waals surface area (Å²) in [6.45, 7) is 3.82. The molecule has 3 fully saturated rings. The number of nitrogens with one attached hydrogen (secondary N) is 1. The van der Waals surface area contributed by atoms with E-state index in [1.54, 1.807) is 0 Å². The van der Waals surface area contributed by atoms with Gasteiger partial charge in [0.25, 0.3) is 0 Å². The van der Waals surface area contributed by atoms with Crippen LogP contribution in [0.15, 0.2) is 0 Å². The molecule has 1 saturated carbocycles. The largest absolute Gasteiger partial charge is 0.317 e. The molecular formula is C13H24N2. The van der Waals surface area contributed by atoms with Crippen LogP contribution in [-0.2, 0) is 0 Å². The van der Waals surface area contributed by atoms with Gasteiger partial charge in [-0.05, 0) is 51.0 Å². The van der Waals surface area contributed by atoms with Crippen LogP contribution >= 0.6 is 0 Å². The Morgan fingerprint density at radius 2 is 1.73 bits per heavy atom. The maximum absolute atomic E-state index is 3.48. The summed E-state index contributed by atoms with van der Waals surface area (Å²) >= 11 is 0. The van der Waals surface area contributed by atoms with Gasteiger partial charge in [0.05, 0.1) is 0 Å². The third-order valence-corrected chi connectivity index (χ3v) is 5.01. The molecule has 0 aromatic rings. The van der Waals surface area contributed by atoms with Crippen molar-refractivity contribution in [2.24, 2.45) is 11.8 Å². The van der Waals surface area contributed by atoms with Gasteiger partial charge in [0.1, 0.15) is 0 Å². The van der Waals surface area contributed by atoms with Crippen molar-refractivity contribution in [3.05, 3.63) is 0 Å². The van der Waals surface area contributed by atoms with E-state index in [1.165, 1.54) is 38.6 Å². The second-order valence-corrected chi connectivity index (χ2v) is 6.01. The smallest absolute Gasteiger partial charge is 0.0114 e. The maximum Gasteiger partial charge on any atom is 0.0114 e. The molecule has 4 unspecified atom stereocenters. The molecule has 2 saturated heterocycles. The molecule has 86 valence electrons. The van der Waals surface area contributed by atoms with E-state index in [9.17, 15) is 0 Å². The molecule has 0 aromatic heterocycles. The molecule has 2 heteroatoms. The number of nitrogens with zero attached hydrogens (tertiary/aromatic N) is 1. The van der Waals surface area contributed by atoms with Gasteiger partial charge < -0.3 is 5.32 Å². The minimum absolute atomic E-state index is 0.801. The van der Waals surface area contributed by atoms with Gasteiger partial charge in [-0.2, -0.15) is 0 Å². The molecule has 3 rings (SSSR count). The Labute approximate surface area is 93.4 Å². The molecule has 1 aliphatic carbocycles. The van der Waals surface area contributed by atoms with Crippen molar-refractivity contribution in [2.75, 3.05) is 13.6 Å². The van der Waals surface area contributed by atoms with E-state index in [2.05, 4.69) is 24.2 Å². The molecule has 0 amide bonds. The van der Waals surface area contributed by atoms with Crippen LogP contribution in [0.2, 0.25) is 0 Å². The zero-order valence-corrected chi connectivity index (χ0v) is 10.1. The predicted molar refractivity (Wildman–Crippen MR) is 62.9 cm³/mol. The summed E-state index contributed by atoms with van der Waals surface area (Å²) in [6, 6.07) is 2.62. The van der Waals surface area contributed by atoms with Crippen molar-refractivity contribution >= 4 is 0 Å². The molecule has 0 radical (unpaired) electrons. The number of hydrogen-bond acceptors (Lipinski definition) is 2. The predicted octanol–water partition coefficient (Wildman–Crippen LogP) is 1.86. The molecule has 4 atom stereocenters. The standard InChI is InChI=1S/C13H24N2/c1-9-5-10(9)8-15-12-3-4-13(15)7-11(6-12)14-2/h9-14H,3-8H2,1-2H3. The summed E-state index contributed by atoms with van der Waals surface area (Å²) < 4.78 is 0. The van der Waals surface area contributed by atoms with E-state index < -0.39 is 0 Å². The molecule has 2 aliphatic heterocycles. The number of fused-ring (bicyclic) bond motifs is 2. The van der Waals surface area contributed by atoms with Crippen molar-refractivity contribution in [3.8, 4) is 0 Å². The molecule has 2 nitrogen and oxygen atoms in total. The van der Waals surface area contributed by atoms with Crippen LogP contribution < -0.4 is 5.32 Å². The lowest BCUT2D eigenvalue weighted by Gasteiger charge is -2.39. The van der Waals surface area contributed by atoms with Crippen LogP contribution in [0.1, 0.15) is 39.0 Å². The van der Waals surface area contributed by atoms with Gasteiger partial charge in [0, 0.05) is 24.7 Å². The fourth-order valence-corrected chi connectivity index (χ4v) is 3.73. The lowest BCUT2D eigenvalue weighted by molar-refractivity contribution is 0.112. The Balaban J connectivity index is 1.61. The van der Waals surface area contributed by atoms with Gasteiger partial charge in [0.15, 0.2) is 0 Å². The Bertz CT molecular complexity index is 227. The molecular weight excluding hydrogens is 184 g/mol. The van der Waals surface area contributed by atoms with Crippen LogP contribution in [0, 0.1) is 11.8 Å². The second kappa shape index (κ2) is 3.74. The zero-order valence-electron chi connectivity index (χ0n) is 10.1. The highest BCUT2D eigenvalue weighted by molar-refractivity contribution is 4.99. The van der Waals surface area contributed by atoms with Gasteiger partial charge in [-0.25, -0.2) is 0 Å². The summed E-state index contributed by atoms with van der Waals surface area (Å²) in [6.07, 6.45) is 7.21. The molecule has 0 spiro atoms. The van der Waals surface area contributed by atoms with Gasteiger partial charge in [-0.15, -0.1) is 0 Å². The highest BCUT2D eigenvalue weighted by atomic mass is 15.2. The average molecular weight is 208 g/mol. The fourth-order valence-electron chi connectivity index (χ4n) is 3.73. The number of hydrogen-bond donors (Lipinski definition) is 1. The van der Waals surface area contributed by atoms with Gasteiger partial charge in [0.2, 0.25) is 0 Å². The van der Waals surface area contributed by atoms with Crippen LogP contribution in [-0.4, -0.2) is 36.6 Å². The van der Waals surface area contributed by atoms with Crippen LogP contribution in [0.4, 0.5) is 0 Å². The molecule has 3 aliphatic rings. The van der Waals surface area contributed by atoms with Crippen molar-refractivity contribution in [3.63, 3.8) is 0 Å². The lowest BCUT2D eigenvalue weighted by atomic mass is 9.97. The zero-order chi connectivity index (χ0) is 10.4. The maximum atomic E-state index is 3.48. The SMILES string of the molecule is CNC1CC2CCC(C1)N2CC1CC1C. The first kappa shape index (κ1) is 10.1. The van der Waals surface area contributed by atoms with Crippen molar-refractivity contribution in [1.82, 2.24) is 10.2 Å². The summed E-state index contributed by atoms with van der Waals surface area (Å²) in [5.74, 6) is 2.06. The van der Waals surface area contributed by atoms with Crippen molar-refractivity contribution in [2.45, 2.75) is 57.2 Å². The van der Waals surface area contributed by atoms with Crippen molar-refractivity contribution in [1.29, 1.82) is 0 Å². The number of piperidine rings is 1.